The SMILES string of the molecule is CCn1c(CN(C)Cc2ccc(SC)cc2)nc2cc(S(=O)(=O)N(C)C)ccc21. The summed E-state index contributed by atoms with van der Waals surface area (Å²) in [4.78, 5) is 8.51. The lowest BCUT2D eigenvalue weighted by atomic mass is 10.2. The van der Waals surface area contributed by atoms with Gasteiger partial charge in [0, 0.05) is 32.1 Å². The van der Waals surface area contributed by atoms with Crippen LogP contribution in [0.4, 0.5) is 0 Å². The highest BCUT2D eigenvalue weighted by Gasteiger charge is 2.20. The van der Waals surface area contributed by atoms with Crippen LogP contribution in [0.5, 0.6) is 0 Å². The Morgan fingerprint density at radius 1 is 1.03 bits per heavy atom. The number of hydrogen-bond donors (Lipinski definition) is 0. The van der Waals surface area contributed by atoms with E-state index in [9.17, 15) is 8.42 Å². The van der Waals surface area contributed by atoms with Crippen molar-refractivity contribution in [2.24, 2.45) is 0 Å². The molecule has 0 fully saturated rings. The third-order valence-corrected chi connectivity index (χ3v) is 7.47. The van der Waals surface area contributed by atoms with E-state index >= 15 is 0 Å². The molecule has 0 spiro atoms. The molecule has 0 saturated heterocycles. The first-order valence-electron chi connectivity index (χ1n) is 9.49. The predicted molar refractivity (Wildman–Crippen MR) is 120 cm³/mol. The van der Waals surface area contributed by atoms with Crippen LogP contribution in [-0.2, 0) is 29.7 Å². The molecule has 3 rings (SSSR count). The predicted octanol–water partition coefficient (Wildman–Crippen LogP) is 3.66. The van der Waals surface area contributed by atoms with Gasteiger partial charge in [-0.25, -0.2) is 17.7 Å². The molecule has 156 valence electrons. The van der Waals surface area contributed by atoms with Gasteiger partial charge in [0.25, 0.3) is 0 Å². The zero-order valence-electron chi connectivity index (χ0n) is 17.6. The van der Waals surface area contributed by atoms with E-state index in [1.54, 1.807) is 23.9 Å². The Hall–Kier alpha value is -1.87. The van der Waals surface area contributed by atoms with E-state index in [4.69, 9.17) is 4.98 Å². The van der Waals surface area contributed by atoms with Crippen molar-refractivity contribution < 1.29 is 8.42 Å². The zero-order chi connectivity index (χ0) is 21.2. The number of sulfonamides is 1. The Morgan fingerprint density at radius 2 is 1.72 bits per heavy atom. The van der Waals surface area contributed by atoms with Crippen LogP contribution in [0.2, 0.25) is 0 Å². The number of benzene rings is 2. The fourth-order valence-corrected chi connectivity index (χ4v) is 4.67. The van der Waals surface area contributed by atoms with Gasteiger partial charge in [0.15, 0.2) is 0 Å². The quantitative estimate of drug-likeness (QED) is 0.509. The minimum atomic E-state index is -3.48. The molecule has 0 radical (unpaired) electrons. The maximum Gasteiger partial charge on any atom is 0.242 e. The highest BCUT2D eigenvalue weighted by molar-refractivity contribution is 7.98. The Bertz CT molecular complexity index is 1090. The number of rotatable bonds is 8. The van der Waals surface area contributed by atoms with Crippen LogP contribution in [-0.4, -0.2) is 54.6 Å². The van der Waals surface area contributed by atoms with Gasteiger partial charge >= 0.3 is 0 Å². The van der Waals surface area contributed by atoms with Gasteiger partial charge < -0.3 is 4.57 Å². The van der Waals surface area contributed by atoms with E-state index in [-0.39, 0.29) is 4.90 Å². The highest BCUT2D eigenvalue weighted by atomic mass is 32.2. The zero-order valence-corrected chi connectivity index (χ0v) is 19.2. The van der Waals surface area contributed by atoms with Gasteiger partial charge in [-0.2, -0.15) is 0 Å². The fourth-order valence-electron chi connectivity index (χ4n) is 3.34. The lowest BCUT2D eigenvalue weighted by Crippen LogP contribution is -2.22. The van der Waals surface area contributed by atoms with E-state index in [0.717, 1.165) is 24.4 Å². The largest absolute Gasteiger partial charge is 0.327 e. The molecule has 1 aromatic heterocycles. The van der Waals surface area contributed by atoms with Crippen molar-refractivity contribution in [3.05, 3.63) is 53.9 Å². The van der Waals surface area contributed by atoms with Crippen LogP contribution < -0.4 is 0 Å². The summed E-state index contributed by atoms with van der Waals surface area (Å²) in [6.45, 7) is 4.36. The first-order valence-corrected chi connectivity index (χ1v) is 12.2. The molecule has 6 nitrogen and oxygen atoms in total. The topological polar surface area (TPSA) is 58.4 Å². The summed E-state index contributed by atoms with van der Waals surface area (Å²) < 4.78 is 28.3. The van der Waals surface area contributed by atoms with Gasteiger partial charge in [-0.15, -0.1) is 11.8 Å². The van der Waals surface area contributed by atoms with Crippen LogP contribution in [0.1, 0.15) is 18.3 Å². The van der Waals surface area contributed by atoms with Crippen LogP contribution in [0.15, 0.2) is 52.3 Å². The molecule has 0 aliphatic carbocycles. The van der Waals surface area contributed by atoms with Crippen LogP contribution in [0.25, 0.3) is 11.0 Å². The van der Waals surface area contributed by atoms with Crippen LogP contribution >= 0.6 is 11.8 Å². The summed E-state index contributed by atoms with van der Waals surface area (Å²) in [5, 5.41) is 0. The molecule has 0 saturated carbocycles. The van der Waals surface area contributed by atoms with E-state index < -0.39 is 10.0 Å². The second kappa shape index (κ2) is 8.87. The normalized spacial score (nSPS) is 12.4. The third-order valence-electron chi connectivity index (χ3n) is 4.92. The first-order chi connectivity index (χ1) is 13.8. The van der Waals surface area contributed by atoms with Crippen molar-refractivity contribution in [2.75, 3.05) is 27.4 Å². The Labute approximate surface area is 177 Å². The number of aromatic nitrogens is 2. The molecule has 8 heteroatoms. The van der Waals surface area contributed by atoms with E-state index in [2.05, 4.69) is 54.0 Å². The minimum absolute atomic E-state index is 0.268. The van der Waals surface area contributed by atoms with Crippen LogP contribution in [0.3, 0.4) is 0 Å². The number of fused-ring (bicyclic) bond motifs is 1. The molecule has 0 bridgehead atoms. The summed E-state index contributed by atoms with van der Waals surface area (Å²) in [6, 6.07) is 13.8. The van der Waals surface area contributed by atoms with Gasteiger partial charge in [0.2, 0.25) is 10.0 Å². The monoisotopic (exact) mass is 432 g/mol. The summed E-state index contributed by atoms with van der Waals surface area (Å²) >= 11 is 1.74. The van der Waals surface area contributed by atoms with E-state index in [1.807, 2.05) is 6.07 Å². The van der Waals surface area contributed by atoms with Crippen molar-refractivity contribution in [3.8, 4) is 0 Å². The molecule has 2 aromatic carbocycles. The second-order valence-electron chi connectivity index (χ2n) is 7.23. The number of imidazole rings is 1. The lowest BCUT2D eigenvalue weighted by molar-refractivity contribution is 0.306. The lowest BCUT2D eigenvalue weighted by Gasteiger charge is -2.17. The van der Waals surface area contributed by atoms with Crippen molar-refractivity contribution in [3.63, 3.8) is 0 Å². The number of nitrogens with zero attached hydrogens (tertiary/aromatic N) is 4. The van der Waals surface area contributed by atoms with Crippen molar-refractivity contribution >= 4 is 32.8 Å². The molecule has 3 aromatic rings. The molecule has 0 amide bonds. The minimum Gasteiger partial charge on any atom is -0.327 e. The fraction of sp³-hybridized carbons (Fsp3) is 0.381. The van der Waals surface area contributed by atoms with Crippen molar-refractivity contribution in [1.82, 2.24) is 18.8 Å². The molecule has 29 heavy (non-hydrogen) atoms. The molecule has 0 N–H and O–H groups in total. The van der Waals surface area contributed by atoms with Crippen LogP contribution in [0, 0.1) is 0 Å². The van der Waals surface area contributed by atoms with Crippen molar-refractivity contribution in [2.45, 2.75) is 36.3 Å². The molecule has 0 unspecified atom stereocenters. The summed E-state index contributed by atoms with van der Waals surface area (Å²) in [5.74, 6) is 0.935. The molecule has 1 heterocycles. The van der Waals surface area contributed by atoms with Gasteiger partial charge in [0.1, 0.15) is 5.82 Å². The van der Waals surface area contributed by atoms with Gasteiger partial charge in [0.05, 0.1) is 22.5 Å². The summed E-state index contributed by atoms with van der Waals surface area (Å²) in [7, 11) is 1.67. The van der Waals surface area contributed by atoms with E-state index in [0.29, 0.717) is 12.1 Å². The number of aryl methyl sites for hydroxylation is 1. The van der Waals surface area contributed by atoms with Gasteiger partial charge in [-0.3, -0.25) is 4.90 Å². The van der Waals surface area contributed by atoms with Gasteiger partial charge in [-0.05, 0) is 56.1 Å². The highest BCUT2D eigenvalue weighted by Crippen LogP contribution is 2.23. The Morgan fingerprint density at radius 3 is 2.31 bits per heavy atom. The number of thioether (sulfide) groups is 1. The molecule has 0 aliphatic heterocycles. The maximum absolute atomic E-state index is 12.4. The smallest absolute Gasteiger partial charge is 0.242 e. The Balaban J connectivity index is 1.86. The molecule has 0 atom stereocenters. The average molecular weight is 433 g/mol. The standard InChI is InChI=1S/C21H28N4O2S2/c1-6-25-20-12-11-18(29(26,27)23(2)3)13-19(20)22-21(25)15-24(4)14-16-7-9-17(28-5)10-8-16/h7-13H,6,14-15H2,1-5H3. The first kappa shape index (κ1) is 21.8. The van der Waals surface area contributed by atoms with Crippen molar-refractivity contribution in [1.29, 1.82) is 0 Å². The Kier molecular flexibility index (Phi) is 6.68. The molecular formula is C21H28N4O2S2. The maximum atomic E-state index is 12.4. The molecule has 0 aliphatic rings. The molecular weight excluding hydrogens is 404 g/mol. The summed E-state index contributed by atoms with van der Waals surface area (Å²) in [5.41, 5.74) is 2.92. The van der Waals surface area contributed by atoms with E-state index in [1.165, 1.54) is 28.9 Å². The second-order valence-corrected chi connectivity index (χ2v) is 10.3. The average Bonchev–Trinajstić information content (AvgIpc) is 3.04. The number of hydrogen-bond acceptors (Lipinski definition) is 5. The summed E-state index contributed by atoms with van der Waals surface area (Å²) in [6.07, 6.45) is 2.07. The third kappa shape index (κ3) is 4.66. The van der Waals surface area contributed by atoms with Gasteiger partial charge in [-0.1, -0.05) is 12.1 Å².